The van der Waals surface area contributed by atoms with Crippen LogP contribution in [0.25, 0.3) is 0 Å². The van der Waals surface area contributed by atoms with Crippen LogP contribution in [0.3, 0.4) is 0 Å². The molecule has 0 aliphatic rings. The molecule has 0 aromatic heterocycles. The van der Waals surface area contributed by atoms with Crippen LogP contribution in [-0.2, 0) is 14.3 Å². The summed E-state index contributed by atoms with van der Waals surface area (Å²) in [7, 11) is 0. The molecule has 0 saturated heterocycles. The molecule has 55 heavy (non-hydrogen) atoms. The third-order valence-electron chi connectivity index (χ3n) is 12.1. The molecule has 1 unspecified atom stereocenters. The Bertz CT molecular complexity index is 751. The number of esters is 1. The summed E-state index contributed by atoms with van der Waals surface area (Å²) in [6, 6.07) is 0. The Balaban J connectivity index is 3.85. The molecule has 0 saturated carbocycles. The quantitative estimate of drug-likeness (QED) is 0.0494. The Labute approximate surface area is 345 Å². The van der Waals surface area contributed by atoms with Crippen molar-refractivity contribution in [2.24, 2.45) is 0 Å². The Hall–Kier alpha value is -1.06. The molecule has 4 nitrogen and oxygen atoms in total. The molecule has 0 radical (unpaired) electrons. The molecule has 4 heteroatoms. The molecular formula is C51H100O4. The maximum Gasteiger partial charge on any atom is 0.306 e. The molecule has 0 bridgehead atoms. The Morgan fingerprint density at radius 3 is 0.800 bits per heavy atom. The van der Waals surface area contributed by atoms with Gasteiger partial charge in [0.1, 0.15) is 6.10 Å². The summed E-state index contributed by atoms with van der Waals surface area (Å²) in [6.45, 7) is 4.59. The minimum atomic E-state index is -0.693. The van der Waals surface area contributed by atoms with Crippen LogP contribution >= 0.6 is 0 Å². The molecule has 0 aliphatic carbocycles. The maximum atomic E-state index is 12.8. The normalized spacial score (nSPS) is 12.0. The lowest BCUT2D eigenvalue weighted by molar-refractivity contribution is -0.150. The van der Waals surface area contributed by atoms with E-state index in [-0.39, 0.29) is 18.5 Å². The van der Waals surface area contributed by atoms with Crippen molar-refractivity contribution in [1.82, 2.24) is 0 Å². The second-order valence-corrected chi connectivity index (χ2v) is 17.7. The van der Waals surface area contributed by atoms with Crippen LogP contribution in [-0.4, -0.2) is 23.1 Å². The van der Waals surface area contributed by atoms with E-state index in [9.17, 15) is 9.59 Å². The van der Waals surface area contributed by atoms with Crippen molar-refractivity contribution in [2.45, 2.75) is 315 Å². The fraction of sp³-hybridized carbons (Fsp3) is 0.961. The van der Waals surface area contributed by atoms with Crippen LogP contribution in [0.2, 0.25) is 0 Å². The number of carbonyl (C=O) groups excluding carboxylic acids is 1. The van der Waals surface area contributed by atoms with Gasteiger partial charge >= 0.3 is 11.9 Å². The molecule has 1 atom stereocenters. The van der Waals surface area contributed by atoms with Crippen LogP contribution in [0.5, 0.6) is 0 Å². The number of hydrogen-bond acceptors (Lipinski definition) is 3. The number of unbranched alkanes of at least 4 members (excludes halogenated alkanes) is 39. The maximum absolute atomic E-state index is 12.8. The zero-order valence-corrected chi connectivity index (χ0v) is 37.8. The van der Waals surface area contributed by atoms with Crippen molar-refractivity contribution in [2.75, 3.05) is 0 Å². The van der Waals surface area contributed by atoms with Gasteiger partial charge in [0.05, 0.1) is 0 Å². The Morgan fingerprint density at radius 1 is 0.327 bits per heavy atom. The predicted molar refractivity (Wildman–Crippen MR) is 241 cm³/mol. The summed E-state index contributed by atoms with van der Waals surface area (Å²) >= 11 is 0. The average Bonchev–Trinajstić information content (AvgIpc) is 3.17. The van der Waals surface area contributed by atoms with E-state index in [0.717, 1.165) is 64.2 Å². The molecule has 0 aliphatic heterocycles. The SMILES string of the molecule is CCCCCCCCCCCCCCCCCCCCCCCCC(=O)OC(CCCCCCCCCCCCCCCCC)CCCCCCCC(=O)O. The second-order valence-electron chi connectivity index (χ2n) is 17.7. The first kappa shape index (κ1) is 53.9. The van der Waals surface area contributed by atoms with Gasteiger partial charge in [-0.3, -0.25) is 9.59 Å². The monoisotopic (exact) mass is 777 g/mol. The highest BCUT2D eigenvalue weighted by atomic mass is 16.5. The van der Waals surface area contributed by atoms with Gasteiger partial charge in [0.2, 0.25) is 0 Å². The first-order valence-corrected chi connectivity index (χ1v) is 25.5. The minimum Gasteiger partial charge on any atom is -0.481 e. The molecule has 0 aromatic rings. The van der Waals surface area contributed by atoms with Gasteiger partial charge < -0.3 is 9.84 Å². The highest BCUT2D eigenvalue weighted by Crippen LogP contribution is 2.20. The lowest BCUT2D eigenvalue weighted by Crippen LogP contribution is -2.18. The van der Waals surface area contributed by atoms with Crippen molar-refractivity contribution in [3.63, 3.8) is 0 Å². The largest absolute Gasteiger partial charge is 0.481 e. The minimum absolute atomic E-state index is 0.0144. The highest BCUT2D eigenvalue weighted by molar-refractivity contribution is 5.69. The number of carbonyl (C=O) groups is 2. The lowest BCUT2D eigenvalue weighted by Gasteiger charge is -2.18. The van der Waals surface area contributed by atoms with Crippen molar-refractivity contribution in [3.8, 4) is 0 Å². The summed E-state index contributed by atoms with van der Waals surface area (Å²) < 4.78 is 6.06. The van der Waals surface area contributed by atoms with Crippen LogP contribution in [0.1, 0.15) is 309 Å². The zero-order valence-electron chi connectivity index (χ0n) is 37.8. The Morgan fingerprint density at radius 2 is 0.545 bits per heavy atom. The van der Waals surface area contributed by atoms with E-state index in [2.05, 4.69) is 13.8 Å². The summed E-state index contributed by atoms with van der Waals surface area (Å²) in [4.78, 5) is 23.6. The number of ether oxygens (including phenoxy) is 1. The second kappa shape index (κ2) is 47.3. The topological polar surface area (TPSA) is 63.6 Å². The molecular weight excluding hydrogens is 677 g/mol. The van der Waals surface area contributed by atoms with Crippen LogP contribution in [0.4, 0.5) is 0 Å². The number of aliphatic carboxylic acids is 1. The number of hydrogen-bond donors (Lipinski definition) is 1. The molecule has 0 amide bonds. The van der Waals surface area contributed by atoms with Crippen LogP contribution < -0.4 is 0 Å². The number of rotatable bonds is 48. The van der Waals surface area contributed by atoms with Crippen molar-refractivity contribution < 1.29 is 19.4 Å². The van der Waals surface area contributed by atoms with E-state index < -0.39 is 5.97 Å². The van der Waals surface area contributed by atoms with Gasteiger partial charge in [0.15, 0.2) is 0 Å². The van der Waals surface area contributed by atoms with Gasteiger partial charge in [-0.05, 0) is 38.5 Å². The molecule has 1 N–H and O–H groups in total. The average molecular weight is 777 g/mol. The predicted octanol–water partition coefficient (Wildman–Crippen LogP) is 18.0. The van der Waals surface area contributed by atoms with Gasteiger partial charge in [0.25, 0.3) is 0 Å². The van der Waals surface area contributed by atoms with Gasteiger partial charge in [-0.25, -0.2) is 0 Å². The van der Waals surface area contributed by atoms with Crippen LogP contribution in [0.15, 0.2) is 0 Å². The van der Waals surface area contributed by atoms with Crippen molar-refractivity contribution >= 4 is 11.9 Å². The summed E-state index contributed by atoms with van der Waals surface area (Å²) in [6.07, 6.45) is 58.8. The van der Waals surface area contributed by atoms with E-state index >= 15 is 0 Å². The van der Waals surface area contributed by atoms with E-state index in [1.165, 1.54) is 218 Å². The molecule has 0 fully saturated rings. The molecule has 0 rings (SSSR count). The van der Waals surface area contributed by atoms with Gasteiger partial charge in [0, 0.05) is 12.8 Å². The molecule has 0 heterocycles. The first-order valence-electron chi connectivity index (χ1n) is 25.5. The van der Waals surface area contributed by atoms with E-state index in [1.54, 1.807) is 0 Å². The third kappa shape index (κ3) is 47.2. The van der Waals surface area contributed by atoms with Crippen molar-refractivity contribution in [1.29, 1.82) is 0 Å². The van der Waals surface area contributed by atoms with Crippen LogP contribution in [0, 0.1) is 0 Å². The Kier molecular flexibility index (Phi) is 46.4. The summed E-state index contributed by atoms with van der Waals surface area (Å²) in [5.74, 6) is -0.679. The van der Waals surface area contributed by atoms with E-state index in [1.807, 2.05) is 0 Å². The fourth-order valence-electron chi connectivity index (χ4n) is 8.31. The molecule has 0 spiro atoms. The number of carboxylic acid groups (broad SMARTS) is 1. The van der Waals surface area contributed by atoms with E-state index in [0.29, 0.717) is 6.42 Å². The fourth-order valence-corrected chi connectivity index (χ4v) is 8.31. The van der Waals surface area contributed by atoms with Gasteiger partial charge in [-0.2, -0.15) is 0 Å². The van der Waals surface area contributed by atoms with Gasteiger partial charge in [-0.15, -0.1) is 0 Å². The molecule has 0 aromatic carbocycles. The van der Waals surface area contributed by atoms with E-state index in [4.69, 9.17) is 9.84 Å². The summed E-state index contributed by atoms with van der Waals surface area (Å²) in [5, 5.41) is 8.87. The zero-order chi connectivity index (χ0) is 40.0. The molecule has 328 valence electrons. The summed E-state index contributed by atoms with van der Waals surface area (Å²) in [5.41, 5.74) is 0. The lowest BCUT2D eigenvalue weighted by atomic mass is 10.0. The highest BCUT2D eigenvalue weighted by Gasteiger charge is 2.14. The first-order chi connectivity index (χ1) is 27.1. The standard InChI is InChI=1S/C51H100O4/c1-3-5-7-9-11-13-15-17-19-20-21-22-23-24-25-27-29-31-33-35-40-44-48-51(54)55-49(46-42-38-36-39-43-47-50(52)53)45-41-37-34-32-30-28-26-18-16-14-12-10-8-6-4-2/h49H,3-48H2,1-2H3,(H,52,53). The van der Waals surface area contributed by atoms with Gasteiger partial charge in [-0.1, -0.05) is 258 Å². The van der Waals surface area contributed by atoms with Crippen molar-refractivity contribution in [3.05, 3.63) is 0 Å². The smallest absolute Gasteiger partial charge is 0.306 e. The number of carboxylic acids is 1. The third-order valence-corrected chi connectivity index (χ3v) is 12.1.